The van der Waals surface area contributed by atoms with Gasteiger partial charge in [-0.1, -0.05) is 29.8 Å². The maximum Gasteiger partial charge on any atom is 0.129 e. The van der Waals surface area contributed by atoms with Gasteiger partial charge < -0.3 is 15.5 Å². The zero-order valence-corrected chi connectivity index (χ0v) is 11.7. The predicted molar refractivity (Wildman–Crippen MR) is 78.9 cm³/mol. The van der Waals surface area contributed by atoms with Crippen LogP contribution in [0, 0.1) is 0 Å². The zero-order valence-electron chi connectivity index (χ0n) is 11.0. The molecule has 5 heteroatoms. The molecule has 2 aromatic rings. The second-order valence-electron chi connectivity index (χ2n) is 4.55. The van der Waals surface area contributed by atoms with Crippen molar-refractivity contribution < 1.29 is 10.2 Å². The molecule has 0 saturated heterocycles. The van der Waals surface area contributed by atoms with Gasteiger partial charge in [-0.2, -0.15) is 0 Å². The largest absolute Gasteiger partial charge is 0.508 e. The smallest absolute Gasteiger partial charge is 0.129 e. The number of phenols is 1. The van der Waals surface area contributed by atoms with Crippen molar-refractivity contribution in [1.29, 1.82) is 0 Å². The number of phenolic OH excluding ortho intramolecular Hbond substituents is 1. The molecule has 3 N–H and O–H groups in total. The van der Waals surface area contributed by atoms with Gasteiger partial charge in [0.2, 0.25) is 0 Å². The van der Waals surface area contributed by atoms with E-state index in [0.717, 1.165) is 24.1 Å². The van der Waals surface area contributed by atoms with Gasteiger partial charge in [-0.05, 0) is 36.7 Å². The lowest BCUT2D eigenvalue weighted by molar-refractivity contribution is 0.174. The Bertz CT molecular complexity index is 529. The summed E-state index contributed by atoms with van der Waals surface area (Å²) in [5.41, 5.74) is 1.88. The highest BCUT2D eigenvalue weighted by molar-refractivity contribution is 6.29. The van der Waals surface area contributed by atoms with E-state index in [-0.39, 0.29) is 5.75 Å². The number of nitrogens with zero attached hydrogens (tertiary/aromatic N) is 1. The second kappa shape index (κ2) is 7.24. The first-order valence-electron chi connectivity index (χ1n) is 6.43. The number of rotatable bonds is 6. The van der Waals surface area contributed by atoms with E-state index < -0.39 is 6.10 Å². The summed E-state index contributed by atoms with van der Waals surface area (Å²) < 4.78 is 0. The van der Waals surface area contributed by atoms with Crippen molar-refractivity contribution in [2.24, 2.45) is 0 Å². The van der Waals surface area contributed by atoms with Crippen molar-refractivity contribution in [3.8, 4) is 5.75 Å². The van der Waals surface area contributed by atoms with Crippen LogP contribution < -0.4 is 5.32 Å². The number of aliphatic hydroxyl groups excluding tert-OH is 1. The van der Waals surface area contributed by atoms with Crippen molar-refractivity contribution >= 4 is 11.6 Å². The molecule has 0 aliphatic heterocycles. The highest BCUT2D eigenvalue weighted by atomic mass is 35.5. The first kappa shape index (κ1) is 14.8. The van der Waals surface area contributed by atoms with E-state index in [9.17, 15) is 10.2 Å². The van der Waals surface area contributed by atoms with Crippen LogP contribution in [0.2, 0.25) is 5.15 Å². The van der Waals surface area contributed by atoms with Crippen molar-refractivity contribution in [3.05, 3.63) is 58.9 Å². The Morgan fingerprint density at radius 3 is 2.55 bits per heavy atom. The van der Waals surface area contributed by atoms with E-state index in [2.05, 4.69) is 10.3 Å². The molecular weight excluding hydrogens is 276 g/mol. The zero-order chi connectivity index (χ0) is 14.4. The Hall–Kier alpha value is -1.62. The predicted octanol–water partition coefficient (Wildman–Crippen LogP) is 2.31. The topological polar surface area (TPSA) is 65.4 Å². The van der Waals surface area contributed by atoms with Gasteiger partial charge in [-0.25, -0.2) is 4.98 Å². The standard InChI is InChI=1S/C15H17ClN2O2/c16-15-6-3-12(9-18-15)14(20)10-17-8-7-11-1-4-13(19)5-2-11/h1-6,9,14,17,19-20H,7-8,10H2/t14-/m0/s1. The van der Waals surface area contributed by atoms with Gasteiger partial charge in [0, 0.05) is 18.3 Å². The molecule has 106 valence electrons. The highest BCUT2D eigenvalue weighted by Gasteiger charge is 2.07. The molecule has 1 heterocycles. The summed E-state index contributed by atoms with van der Waals surface area (Å²) in [7, 11) is 0. The quantitative estimate of drug-likeness (QED) is 0.565. The van der Waals surface area contributed by atoms with E-state index in [0.29, 0.717) is 11.7 Å². The lowest BCUT2D eigenvalue weighted by Gasteiger charge is -2.12. The summed E-state index contributed by atoms with van der Waals surface area (Å²) in [6.45, 7) is 1.21. The molecule has 2 rings (SSSR count). The minimum Gasteiger partial charge on any atom is -0.508 e. The van der Waals surface area contributed by atoms with Crippen molar-refractivity contribution in [3.63, 3.8) is 0 Å². The molecule has 0 radical (unpaired) electrons. The van der Waals surface area contributed by atoms with E-state index in [1.165, 1.54) is 0 Å². The molecule has 0 fully saturated rings. The molecule has 1 aromatic heterocycles. The Labute approximate surface area is 123 Å². The van der Waals surface area contributed by atoms with Crippen LogP contribution in [-0.2, 0) is 6.42 Å². The average molecular weight is 293 g/mol. The van der Waals surface area contributed by atoms with Crippen LogP contribution in [-0.4, -0.2) is 28.3 Å². The van der Waals surface area contributed by atoms with Crippen molar-refractivity contribution in [1.82, 2.24) is 10.3 Å². The molecule has 0 aliphatic rings. The minimum absolute atomic E-state index is 0.271. The van der Waals surface area contributed by atoms with E-state index >= 15 is 0 Å². The first-order chi connectivity index (χ1) is 9.65. The number of benzene rings is 1. The molecule has 0 aliphatic carbocycles. The van der Waals surface area contributed by atoms with Crippen LogP contribution in [0.1, 0.15) is 17.2 Å². The molecule has 1 atom stereocenters. The number of hydrogen-bond donors (Lipinski definition) is 3. The normalized spacial score (nSPS) is 12.3. The molecule has 1 aromatic carbocycles. The van der Waals surface area contributed by atoms with Crippen LogP contribution in [0.25, 0.3) is 0 Å². The first-order valence-corrected chi connectivity index (χ1v) is 6.81. The molecular formula is C15H17ClN2O2. The number of aromatic nitrogens is 1. The van der Waals surface area contributed by atoms with Gasteiger partial charge in [0.05, 0.1) is 6.10 Å². The maximum atomic E-state index is 9.97. The molecule has 0 bridgehead atoms. The number of halogens is 1. The van der Waals surface area contributed by atoms with E-state index in [1.54, 1.807) is 30.5 Å². The molecule has 0 spiro atoms. The SMILES string of the molecule is Oc1ccc(CCNC[C@H](O)c2ccc(Cl)nc2)cc1. The number of aromatic hydroxyl groups is 1. The molecule has 20 heavy (non-hydrogen) atoms. The third-order valence-corrected chi connectivity index (χ3v) is 3.22. The van der Waals surface area contributed by atoms with Crippen LogP contribution in [0.3, 0.4) is 0 Å². The highest BCUT2D eigenvalue weighted by Crippen LogP contribution is 2.13. The van der Waals surface area contributed by atoms with Crippen LogP contribution in [0.15, 0.2) is 42.6 Å². The summed E-state index contributed by atoms with van der Waals surface area (Å²) >= 11 is 5.70. The minimum atomic E-state index is -0.598. The van der Waals surface area contributed by atoms with Crippen LogP contribution in [0.4, 0.5) is 0 Å². The number of pyridine rings is 1. The number of nitrogens with one attached hydrogen (secondary N) is 1. The molecule has 0 unspecified atom stereocenters. The monoisotopic (exact) mass is 292 g/mol. The molecule has 0 saturated carbocycles. The Balaban J connectivity index is 1.72. The summed E-state index contributed by atoms with van der Waals surface area (Å²) in [4.78, 5) is 3.94. The van der Waals surface area contributed by atoms with E-state index in [1.807, 2.05) is 12.1 Å². The lowest BCUT2D eigenvalue weighted by Crippen LogP contribution is -2.23. The van der Waals surface area contributed by atoms with Crippen LogP contribution >= 0.6 is 11.6 Å². The third kappa shape index (κ3) is 4.49. The van der Waals surface area contributed by atoms with Gasteiger partial charge in [-0.15, -0.1) is 0 Å². The summed E-state index contributed by atoms with van der Waals surface area (Å²) in [5, 5.41) is 22.8. The second-order valence-corrected chi connectivity index (χ2v) is 4.94. The van der Waals surface area contributed by atoms with Gasteiger partial charge in [0.25, 0.3) is 0 Å². The van der Waals surface area contributed by atoms with Crippen molar-refractivity contribution in [2.75, 3.05) is 13.1 Å². The van der Waals surface area contributed by atoms with Gasteiger partial charge in [0.15, 0.2) is 0 Å². The summed E-state index contributed by atoms with van der Waals surface area (Å²) in [6.07, 6.45) is 1.82. The summed E-state index contributed by atoms with van der Waals surface area (Å²) in [5.74, 6) is 0.271. The maximum absolute atomic E-state index is 9.97. The van der Waals surface area contributed by atoms with Gasteiger partial charge >= 0.3 is 0 Å². The number of aliphatic hydroxyl groups is 1. The van der Waals surface area contributed by atoms with Gasteiger partial charge in [-0.3, -0.25) is 0 Å². The molecule has 4 nitrogen and oxygen atoms in total. The van der Waals surface area contributed by atoms with Gasteiger partial charge in [0.1, 0.15) is 10.9 Å². The fraction of sp³-hybridized carbons (Fsp3) is 0.267. The number of hydrogen-bond acceptors (Lipinski definition) is 4. The Morgan fingerprint density at radius 1 is 1.15 bits per heavy atom. The third-order valence-electron chi connectivity index (χ3n) is 3.00. The van der Waals surface area contributed by atoms with Crippen LogP contribution in [0.5, 0.6) is 5.75 Å². The Morgan fingerprint density at radius 2 is 1.90 bits per heavy atom. The van der Waals surface area contributed by atoms with Crippen molar-refractivity contribution in [2.45, 2.75) is 12.5 Å². The fourth-order valence-electron chi connectivity index (χ4n) is 1.84. The fourth-order valence-corrected chi connectivity index (χ4v) is 1.95. The summed E-state index contributed by atoms with van der Waals surface area (Å²) in [6, 6.07) is 10.5. The van der Waals surface area contributed by atoms with E-state index in [4.69, 9.17) is 11.6 Å². The molecule has 0 amide bonds. The Kier molecular flexibility index (Phi) is 5.35. The average Bonchev–Trinajstić information content (AvgIpc) is 2.46. The lowest BCUT2D eigenvalue weighted by atomic mass is 10.1.